The number of thiophene rings is 1. The summed E-state index contributed by atoms with van der Waals surface area (Å²) in [4.78, 5) is 0.929. The molecule has 1 aromatic heterocycles. The van der Waals surface area contributed by atoms with Gasteiger partial charge < -0.3 is 5.11 Å². The maximum absolute atomic E-state index is 10.1. The minimum atomic E-state index is -0.392. The van der Waals surface area contributed by atoms with E-state index in [1.165, 1.54) is 0 Å². The summed E-state index contributed by atoms with van der Waals surface area (Å²) < 4.78 is 0. The van der Waals surface area contributed by atoms with Gasteiger partial charge in [0, 0.05) is 0 Å². The highest BCUT2D eigenvalue weighted by Gasteiger charge is 2.22. The van der Waals surface area contributed by atoms with Gasteiger partial charge in [-0.1, -0.05) is 38.3 Å². The summed E-state index contributed by atoms with van der Waals surface area (Å²) >= 11 is 7.67. The second-order valence-electron chi connectivity index (χ2n) is 3.62. The molecular weight excluding hydrogens is 216 g/mol. The standard InChI is InChI=1S/C11H17ClOS/c1-4-8(5-2)10(13)11-9(12)7(3)6-14-11/h6,8,10,13H,4-5H2,1-3H3. The Morgan fingerprint density at radius 2 is 2.00 bits per heavy atom. The summed E-state index contributed by atoms with van der Waals surface area (Å²) in [5.74, 6) is 0.325. The van der Waals surface area contributed by atoms with Crippen molar-refractivity contribution in [2.45, 2.75) is 39.7 Å². The van der Waals surface area contributed by atoms with Crippen LogP contribution in [0.4, 0.5) is 0 Å². The third-order valence-corrected chi connectivity index (χ3v) is 4.47. The number of aliphatic hydroxyl groups excluding tert-OH is 1. The van der Waals surface area contributed by atoms with Crippen molar-refractivity contribution in [3.63, 3.8) is 0 Å². The minimum absolute atomic E-state index is 0.325. The van der Waals surface area contributed by atoms with Gasteiger partial charge in [0.2, 0.25) is 0 Å². The Bertz CT molecular complexity index is 291. The molecule has 1 rings (SSSR count). The third kappa shape index (κ3) is 2.30. The van der Waals surface area contributed by atoms with E-state index < -0.39 is 6.10 Å². The summed E-state index contributed by atoms with van der Waals surface area (Å²) in [6.07, 6.45) is 1.59. The van der Waals surface area contributed by atoms with Crippen molar-refractivity contribution in [1.29, 1.82) is 0 Å². The monoisotopic (exact) mass is 232 g/mol. The highest BCUT2D eigenvalue weighted by atomic mass is 35.5. The molecule has 1 N–H and O–H groups in total. The molecule has 0 aliphatic rings. The van der Waals surface area contributed by atoms with E-state index in [0.717, 1.165) is 28.3 Å². The van der Waals surface area contributed by atoms with E-state index in [4.69, 9.17) is 11.6 Å². The Kier molecular flexibility index (Phi) is 4.42. The van der Waals surface area contributed by atoms with E-state index in [2.05, 4.69) is 13.8 Å². The summed E-state index contributed by atoms with van der Waals surface area (Å²) in [5, 5.41) is 12.8. The molecule has 3 heteroatoms. The first-order valence-electron chi connectivity index (χ1n) is 5.03. The van der Waals surface area contributed by atoms with Crippen LogP contribution >= 0.6 is 22.9 Å². The fourth-order valence-corrected chi connectivity index (χ4v) is 2.98. The molecule has 1 heterocycles. The highest BCUT2D eigenvalue weighted by Crippen LogP contribution is 2.37. The molecular formula is C11H17ClOS. The summed E-state index contributed by atoms with van der Waals surface area (Å²) in [7, 11) is 0. The van der Waals surface area contributed by atoms with Crippen molar-refractivity contribution >= 4 is 22.9 Å². The van der Waals surface area contributed by atoms with E-state index in [-0.39, 0.29) is 0 Å². The van der Waals surface area contributed by atoms with Gasteiger partial charge in [-0.25, -0.2) is 0 Å². The average Bonchev–Trinajstić information content (AvgIpc) is 2.49. The van der Waals surface area contributed by atoms with Crippen molar-refractivity contribution in [1.82, 2.24) is 0 Å². The van der Waals surface area contributed by atoms with Crippen LogP contribution in [0.5, 0.6) is 0 Å². The molecule has 1 atom stereocenters. The van der Waals surface area contributed by atoms with Gasteiger partial charge in [-0.2, -0.15) is 0 Å². The largest absolute Gasteiger partial charge is 0.387 e. The molecule has 14 heavy (non-hydrogen) atoms. The van der Waals surface area contributed by atoms with Gasteiger partial charge in [0.25, 0.3) is 0 Å². The SMILES string of the molecule is CCC(CC)C(O)c1scc(C)c1Cl. The van der Waals surface area contributed by atoms with Gasteiger partial charge >= 0.3 is 0 Å². The first kappa shape index (κ1) is 12.0. The first-order valence-corrected chi connectivity index (χ1v) is 6.29. The second-order valence-corrected chi connectivity index (χ2v) is 4.91. The molecule has 0 fully saturated rings. The number of hydrogen-bond acceptors (Lipinski definition) is 2. The van der Waals surface area contributed by atoms with Crippen LogP contribution in [0.3, 0.4) is 0 Å². The topological polar surface area (TPSA) is 20.2 Å². The van der Waals surface area contributed by atoms with E-state index >= 15 is 0 Å². The lowest BCUT2D eigenvalue weighted by Crippen LogP contribution is -2.09. The molecule has 0 aromatic carbocycles. The maximum Gasteiger partial charge on any atom is 0.0924 e. The maximum atomic E-state index is 10.1. The summed E-state index contributed by atoms with van der Waals surface area (Å²) in [6.45, 7) is 6.18. The molecule has 0 aliphatic carbocycles. The molecule has 0 saturated carbocycles. The molecule has 0 aliphatic heterocycles. The lowest BCUT2D eigenvalue weighted by molar-refractivity contribution is 0.107. The quantitative estimate of drug-likeness (QED) is 0.826. The van der Waals surface area contributed by atoms with Gasteiger partial charge in [0.1, 0.15) is 0 Å². The second kappa shape index (κ2) is 5.15. The molecule has 80 valence electrons. The molecule has 0 saturated heterocycles. The summed E-state index contributed by atoms with van der Waals surface area (Å²) in [6, 6.07) is 0. The molecule has 0 bridgehead atoms. The van der Waals surface area contributed by atoms with Gasteiger partial charge in [-0.3, -0.25) is 0 Å². The number of halogens is 1. The average molecular weight is 233 g/mol. The Morgan fingerprint density at radius 1 is 1.43 bits per heavy atom. The highest BCUT2D eigenvalue weighted by molar-refractivity contribution is 7.10. The fraction of sp³-hybridized carbons (Fsp3) is 0.636. The lowest BCUT2D eigenvalue weighted by atomic mass is 9.95. The Balaban J connectivity index is 2.87. The molecule has 0 radical (unpaired) electrons. The zero-order valence-corrected chi connectivity index (χ0v) is 10.5. The van der Waals surface area contributed by atoms with Crippen LogP contribution in [-0.2, 0) is 0 Å². The van der Waals surface area contributed by atoms with E-state index in [1.54, 1.807) is 11.3 Å². The van der Waals surface area contributed by atoms with Crippen molar-refractivity contribution in [2.24, 2.45) is 5.92 Å². The molecule has 0 spiro atoms. The van der Waals surface area contributed by atoms with Crippen molar-refractivity contribution in [3.8, 4) is 0 Å². The van der Waals surface area contributed by atoms with Crippen LogP contribution in [0.1, 0.15) is 43.2 Å². The lowest BCUT2D eigenvalue weighted by Gasteiger charge is -2.19. The number of hydrogen-bond donors (Lipinski definition) is 1. The van der Waals surface area contributed by atoms with Crippen LogP contribution < -0.4 is 0 Å². The van der Waals surface area contributed by atoms with Crippen LogP contribution in [0.2, 0.25) is 5.02 Å². The minimum Gasteiger partial charge on any atom is -0.387 e. The zero-order valence-electron chi connectivity index (χ0n) is 8.88. The third-order valence-electron chi connectivity index (χ3n) is 2.69. The molecule has 1 nitrogen and oxygen atoms in total. The predicted molar refractivity (Wildman–Crippen MR) is 63.1 cm³/mol. The zero-order chi connectivity index (χ0) is 10.7. The van der Waals surface area contributed by atoms with Gasteiger partial charge in [0.15, 0.2) is 0 Å². The van der Waals surface area contributed by atoms with Crippen LogP contribution in [0, 0.1) is 12.8 Å². The fourth-order valence-electron chi connectivity index (χ4n) is 1.60. The van der Waals surface area contributed by atoms with Crippen LogP contribution in [-0.4, -0.2) is 5.11 Å². The molecule has 1 aromatic rings. The van der Waals surface area contributed by atoms with Crippen molar-refractivity contribution < 1.29 is 5.11 Å². The smallest absolute Gasteiger partial charge is 0.0924 e. The van der Waals surface area contributed by atoms with Crippen LogP contribution in [0.15, 0.2) is 5.38 Å². The van der Waals surface area contributed by atoms with E-state index in [1.807, 2.05) is 12.3 Å². The number of aliphatic hydroxyl groups is 1. The van der Waals surface area contributed by atoms with Crippen molar-refractivity contribution in [2.75, 3.05) is 0 Å². The predicted octanol–water partition coefficient (Wildman–Crippen LogP) is 4.18. The summed E-state index contributed by atoms with van der Waals surface area (Å²) in [5.41, 5.74) is 1.07. The Hall–Kier alpha value is -0.0500. The van der Waals surface area contributed by atoms with E-state index in [0.29, 0.717) is 5.92 Å². The molecule has 1 unspecified atom stereocenters. The molecule has 0 amide bonds. The number of aryl methyl sites for hydroxylation is 1. The first-order chi connectivity index (χ1) is 6.61. The number of rotatable bonds is 4. The Labute approximate surface area is 94.7 Å². The van der Waals surface area contributed by atoms with Gasteiger partial charge in [-0.05, 0) is 23.8 Å². The van der Waals surface area contributed by atoms with Gasteiger partial charge in [-0.15, -0.1) is 11.3 Å². The Morgan fingerprint density at radius 3 is 2.36 bits per heavy atom. The normalized spacial score (nSPS) is 13.6. The van der Waals surface area contributed by atoms with Crippen LogP contribution in [0.25, 0.3) is 0 Å². The van der Waals surface area contributed by atoms with Crippen molar-refractivity contribution in [3.05, 3.63) is 20.8 Å². The van der Waals surface area contributed by atoms with E-state index in [9.17, 15) is 5.11 Å². The van der Waals surface area contributed by atoms with Gasteiger partial charge in [0.05, 0.1) is 16.0 Å².